The molecule has 0 bridgehead atoms. The molecule has 12 heavy (non-hydrogen) atoms. The maximum atomic E-state index is 10.6. The molecule has 4 nitrogen and oxygen atoms in total. The van der Waals surface area contributed by atoms with Gasteiger partial charge in [-0.25, -0.2) is 4.79 Å². The van der Waals surface area contributed by atoms with Crippen LogP contribution in [0.2, 0.25) is 0 Å². The van der Waals surface area contributed by atoms with Gasteiger partial charge in [0.1, 0.15) is 0 Å². The molecule has 2 N–H and O–H groups in total. The van der Waals surface area contributed by atoms with Gasteiger partial charge in [0.25, 0.3) is 0 Å². The van der Waals surface area contributed by atoms with Crippen molar-refractivity contribution in [3.63, 3.8) is 0 Å². The molecule has 0 saturated carbocycles. The minimum Gasteiger partial charge on any atom is -0.474 e. The number of amides is 1. The Morgan fingerprint density at radius 3 is 2.67 bits per heavy atom. The van der Waals surface area contributed by atoms with E-state index in [1.54, 1.807) is 24.3 Å². The predicted molar refractivity (Wildman–Crippen MR) is 41.5 cm³/mol. The van der Waals surface area contributed by atoms with Gasteiger partial charge >= 0.3 is 11.9 Å². The fourth-order valence-electron chi connectivity index (χ4n) is 0.647. The molecule has 0 aliphatic heterocycles. The molecule has 1 amide bonds. The van der Waals surface area contributed by atoms with Crippen molar-refractivity contribution in [1.29, 1.82) is 0 Å². The molecule has 1 aromatic carbocycles. The first kappa shape index (κ1) is 8.26. The summed E-state index contributed by atoms with van der Waals surface area (Å²) in [5, 5.41) is 10.4. The molecule has 0 saturated heterocycles. The van der Waals surface area contributed by atoms with E-state index in [1.807, 2.05) is 0 Å². The van der Waals surface area contributed by atoms with Gasteiger partial charge in [0.2, 0.25) is 0 Å². The quantitative estimate of drug-likeness (QED) is 0.594. The van der Waals surface area contributed by atoms with E-state index < -0.39 is 11.9 Å². The van der Waals surface area contributed by atoms with E-state index in [4.69, 9.17) is 5.11 Å². The van der Waals surface area contributed by atoms with Crippen LogP contribution in [0.15, 0.2) is 24.3 Å². The van der Waals surface area contributed by atoms with Crippen LogP contribution in [0, 0.1) is 6.07 Å². The van der Waals surface area contributed by atoms with Crippen molar-refractivity contribution in [1.82, 2.24) is 0 Å². The van der Waals surface area contributed by atoms with E-state index >= 15 is 0 Å². The van der Waals surface area contributed by atoms with Crippen LogP contribution in [0.3, 0.4) is 0 Å². The Bertz CT molecular complexity index is 294. The van der Waals surface area contributed by atoms with Gasteiger partial charge in [-0.15, -0.1) is 0 Å². The topological polar surface area (TPSA) is 66.4 Å². The third kappa shape index (κ3) is 2.09. The van der Waals surface area contributed by atoms with Crippen molar-refractivity contribution >= 4 is 17.6 Å². The highest BCUT2D eigenvalue weighted by atomic mass is 16.4. The second kappa shape index (κ2) is 3.52. The Morgan fingerprint density at radius 2 is 2.17 bits per heavy atom. The fourth-order valence-corrected chi connectivity index (χ4v) is 0.647. The number of rotatable bonds is 1. The van der Waals surface area contributed by atoms with E-state index in [1.165, 1.54) is 0 Å². The largest absolute Gasteiger partial charge is 0.474 e. The van der Waals surface area contributed by atoms with Crippen molar-refractivity contribution in [3.8, 4) is 0 Å². The predicted octanol–water partition coefficient (Wildman–Crippen LogP) is 0.510. The molecule has 0 aliphatic carbocycles. The van der Waals surface area contributed by atoms with E-state index in [9.17, 15) is 9.59 Å². The van der Waals surface area contributed by atoms with Crippen molar-refractivity contribution in [2.24, 2.45) is 0 Å². The SMILES string of the molecule is O=C(O)C(=O)Nc1[c]cccc1. The van der Waals surface area contributed by atoms with Crippen LogP contribution in [0.4, 0.5) is 5.69 Å². The lowest BCUT2D eigenvalue weighted by Crippen LogP contribution is -2.21. The summed E-state index contributed by atoms with van der Waals surface area (Å²) < 4.78 is 0. The lowest BCUT2D eigenvalue weighted by Gasteiger charge is -1.98. The zero-order valence-electron chi connectivity index (χ0n) is 6.07. The summed E-state index contributed by atoms with van der Waals surface area (Å²) in [6.45, 7) is 0. The van der Waals surface area contributed by atoms with Gasteiger partial charge in [0, 0.05) is 11.8 Å². The average molecular weight is 164 g/mol. The highest BCUT2D eigenvalue weighted by Crippen LogP contribution is 2.02. The first-order valence-electron chi connectivity index (χ1n) is 3.21. The molecule has 0 spiro atoms. The summed E-state index contributed by atoms with van der Waals surface area (Å²) in [6, 6.07) is 9.19. The molecule has 0 fully saturated rings. The van der Waals surface area contributed by atoms with E-state index in [2.05, 4.69) is 11.4 Å². The molecule has 1 rings (SSSR count). The van der Waals surface area contributed by atoms with Crippen molar-refractivity contribution in [2.45, 2.75) is 0 Å². The summed E-state index contributed by atoms with van der Waals surface area (Å²) in [4.78, 5) is 20.7. The number of hydrogen-bond acceptors (Lipinski definition) is 2. The summed E-state index contributed by atoms with van der Waals surface area (Å²) in [5.41, 5.74) is 0.352. The van der Waals surface area contributed by atoms with E-state index in [0.717, 1.165) is 0 Å². The molecular weight excluding hydrogens is 158 g/mol. The normalized spacial score (nSPS) is 9.00. The van der Waals surface area contributed by atoms with Crippen molar-refractivity contribution < 1.29 is 14.7 Å². The third-order valence-corrected chi connectivity index (χ3v) is 1.15. The standard InChI is InChI=1S/C8H6NO3/c10-7(8(11)12)9-6-4-2-1-3-5-6/h1-4H,(H,9,10)(H,11,12). The Balaban J connectivity index is 2.65. The number of nitrogens with one attached hydrogen (secondary N) is 1. The number of carbonyl (C=O) groups excluding carboxylic acids is 1. The van der Waals surface area contributed by atoms with E-state index in [-0.39, 0.29) is 0 Å². The summed E-state index contributed by atoms with van der Waals surface area (Å²) in [6.07, 6.45) is 0. The van der Waals surface area contributed by atoms with Gasteiger partial charge in [0.15, 0.2) is 0 Å². The molecule has 4 heteroatoms. The molecule has 1 aromatic rings. The maximum absolute atomic E-state index is 10.6. The number of carboxylic acid groups (broad SMARTS) is 1. The monoisotopic (exact) mass is 164 g/mol. The van der Waals surface area contributed by atoms with E-state index in [0.29, 0.717) is 5.69 Å². The molecule has 0 atom stereocenters. The highest BCUT2D eigenvalue weighted by Gasteiger charge is 2.09. The number of carbonyl (C=O) groups is 2. The minimum absolute atomic E-state index is 0.352. The lowest BCUT2D eigenvalue weighted by molar-refractivity contribution is -0.147. The Kier molecular flexibility index (Phi) is 2.42. The summed E-state index contributed by atoms with van der Waals surface area (Å²) in [7, 11) is 0. The number of carboxylic acids is 1. The number of anilines is 1. The molecule has 0 heterocycles. The number of aliphatic carboxylic acids is 1. The third-order valence-electron chi connectivity index (χ3n) is 1.15. The van der Waals surface area contributed by atoms with Crippen molar-refractivity contribution in [2.75, 3.05) is 5.32 Å². The molecular formula is C8H6NO3. The van der Waals surface area contributed by atoms with Crippen LogP contribution in [0.5, 0.6) is 0 Å². The first-order chi connectivity index (χ1) is 5.70. The van der Waals surface area contributed by atoms with Crippen LogP contribution in [-0.2, 0) is 9.59 Å². The summed E-state index contributed by atoms with van der Waals surface area (Å²) >= 11 is 0. The lowest BCUT2D eigenvalue weighted by atomic mass is 10.3. The van der Waals surface area contributed by atoms with Crippen LogP contribution in [0.1, 0.15) is 0 Å². The second-order valence-electron chi connectivity index (χ2n) is 2.04. The van der Waals surface area contributed by atoms with Gasteiger partial charge < -0.3 is 10.4 Å². The molecule has 0 unspecified atom stereocenters. The van der Waals surface area contributed by atoms with Crippen LogP contribution in [-0.4, -0.2) is 17.0 Å². The number of hydrogen-bond donors (Lipinski definition) is 2. The Morgan fingerprint density at radius 1 is 1.42 bits per heavy atom. The van der Waals surface area contributed by atoms with Gasteiger partial charge in [0.05, 0.1) is 0 Å². The number of para-hydroxylation sites is 1. The molecule has 0 aromatic heterocycles. The molecule has 61 valence electrons. The average Bonchev–Trinajstić information content (AvgIpc) is 2.06. The molecule has 1 radical (unpaired) electrons. The highest BCUT2D eigenvalue weighted by molar-refractivity contribution is 6.36. The number of benzene rings is 1. The zero-order valence-corrected chi connectivity index (χ0v) is 6.07. The Labute approximate surface area is 68.8 Å². The van der Waals surface area contributed by atoms with Gasteiger partial charge in [-0.3, -0.25) is 4.79 Å². The minimum atomic E-state index is -1.51. The maximum Gasteiger partial charge on any atom is 0.394 e. The Hall–Kier alpha value is -1.84. The molecule has 0 aliphatic rings. The zero-order chi connectivity index (χ0) is 8.97. The van der Waals surface area contributed by atoms with Crippen LogP contribution < -0.4 is 5.32 Å². The van der Waals surface area contributed by atoms with Gasteiger partial charge in [-0.05, 0) is 6.07 Å². The smallest absolute Gasteiger partial charge is 0.394 e. The van der Waals surface area contributed by atoms with Crippen LogP contribution in [0.25, 0.3) is 0 Å². The van der Waals surface area contributed by atoms with Crippen molar-refractivity contribution in [3.05, 3.63) is 30.3 Å². The summed E-state index contributed by atoms with van der Waals surface area (Å²) in [5.74, 6) is -2.57. The van der Waals surface area contributed by atoms with Gasteiger partial charge in [-0.1, -0.05) is 18.2 Å². The fraction of sp³-hybridized carbons (Fsp3) is 0. The van der Waals surface area contributed by atoms with Gasteiger partial charge in [-0.2, -0.15) is 0 Å². The van der Waals surface area contributed by atoms with Crippen LogP contribution >= 0.6 is 0 Å². The first-order valence-corrected chi connectivity index (χ1v) is 3.21. The second-order valence-corrected chi connectivity index (χ2v) is 2.04.